The van der Waals surface area contributed by atoms with Crippen molar-refractivity contribution in [3.8, 4) is 11.5 Å². The molecule has 0 spiro atoms. The van der Waals surface area contributed by atoms with Crippen molar-refractivity contribution in [2.75, 3.05) is 13.2 Å². The molecule has 0 fully saturated rings. The van der Waals surface area contributed by atoms with E-state index in [0.717, 1.165) is 48.4 Å². The Morgan fingerprint density at radius 3 is 2.56 bits per heavy atom. The van der Waals surface area contributed by atoms with E-state index in [1.165, 1.54) is 16.7 Å². The fraction of sp³-hybridized carbons (Fsp3) is 0.500. The van der Waals surface area contributed by atoms with Crippen LogP contribution in [0.1, 0.15) is 30.0 Å². The first-order chi connectivity index (χ1) is 8.68. The number of halogens is 1. The van der Waals surface area contributed by atoms with Gasteiger partial charge >= 0.3 is 0 Å². The average molecular weight is 311 g/mol. The molecule has 3 rings (SSSR count). The Morgan fingerprint density at radius 1 is 1.17 bits per heavy atom. The number of ether oxygens (including phenoxy) is 2. The number of hydrogen-bond acceptors (Lipinski definition) is 3. The van der Waals surface area contributed by atoms with Crippen LogP contribution in [0.5, 0.6) is 11.5 Å². The minimum atomic E-state index is 0.220. The highest BCUT2D eigenvalue weighted by Gasteiger charge is 2.30. The summed E-state index contributed by atoms with van der Waals surface area (Å²) in [6.07, 6.45) is 3.16. The summed E-state index contributed by atoms with van der Waals surface area (Å²) in [7, 11) is 0. The summed E-state index contributed by atoms with van der Waals surface area (Å²) in [4.78, 5) is 11.2. The molecule has 2 aliphatic rings. The molecule has 0 N–H and O–H groups in total. The van der Waals surface area contributed by atoms with E-state index in [4.69, 9.17) is 9.47 Å². The van der Waals surface area contributed by atoms with Crippen molar-refractivity contribution < 1.29 is 14.3 Å². The van der Waals surface area contributed by atoms with Gasteiger partial charge in [-0.1, -0.05) is 0 Å². The lowest BCUT2D eigenvalue weighted by Gasteiger charge is -2.14. The van der Waals surface area contributed by atoms with E-state index in [0.29, 0.717) is 6.42 Å². The number of hydrogen-bond donors (Lipinski definition) is 0. The molecule has 0 aromatic heterocycles. The third-order valence-corrected chi connectivity index (χ3v) is 4.41. The molecule has 0 atom stereocenters. The van der Waals surface area contributed by atoms with Crippen molar-refractivity contribution in [2.45, 2.75) is 32.6 Å². The van der Waals surface area contributed by atoms with Crippen molar-refractivity contribution in [2.24, 2.45) is 0 Å². The number of fused-ring (bicyclic) bond motifs is 2. The summed E-state index contributed by atoms with van der Waals surface area (Å²) in [5.74, 6) is 2.18. The number of ketones is 1. The summed E-state index contributed by atoms with van der Waals surface area (Å²) in [5, 5.41) is 0. The summed E-state index contributed by atoms with van der Waals surface area (Å²) in [5.41, 5.74) is 3.62. The van der Waals surface area contributed by atoms with Gasteiger partial charge in [0.1, 0.15) is 17.3 Å². The lowest BCUT2D eigenvalue weighted by atomic mass is 9.95. The monoisotopic (exact) mass is 310 g/mol. The van der Waals surface area contributed by atoms with Crippen LogP contribution in [0.3, 0.4) is 0 Å². The smallest absolute Gasteiger partial charge is 0.137 e. The quantitative estimate of drug-likeness (QED) is 0.861. The van der Waals surface area contributed by atoms with Gasteiger partial charge in [0, 0.05) is 36.0 Å². The highest BCUT2D eigenvalue weighted by atomic mass is 79.9. The Labute approximate surface area is 115 Å². The maximum Gasteiger partial charge on any atom is 0.137 e. The molecule has 2 aliphatic heterocycles. The van der Waals surface area contributed by atoms with Crippen LogP contribution in [0.15, 0.2) is 4.47 Å². The van der Waals surface area contributed by atoms with Gasteiger partial charge < -0.3 is 14.3 Å². The maximum atomic E-state index is 11.2. The second-order valence-corrected chi connectivity index (χ2v) is 5.60. The first-order valence-corrected chi connectivity index (χ1v) is 7.09. The van der Waals surface area contributed by atoms with Gasteiger partial charge in [-0.2, -0.15) is 0 Å². The van der Waals surface area contributed by atoms with Crippen LogP contribution in [0, 0.1) is 0 Å². The summed E-state index contributed by atoms with van der Waals surface area (Å²) < 4.78 is 12.5. The molecule has 0 aliphatic carbocycles. The van der Waals surface area contributed by atoms with Gasteiger partial charge in [-0.25, -0.2) is 0 Å². The van der Waals surface area contributed by atoms with Crippen molar-refractivity contribution >= 4 is 21.7 Å². The minimum Gasteiger partial charge on any atom is -0.493 e. The third kappa shape index (κ3) is 1.83. The number of rotatable bonds is 3. The zero-order chi connectivity index (χ0) is 12.7. The summed E-state index contributed by atoms with van der Waals surface area (Å²) in [6, 6.07) is 0. The fourth-order valence-electron chi connectivity index (χ4n) is 2.71. The lowest BCUT2D eigenvalue weighted by Crippen LogP contribution is -2.01. The van der Waals surface area contributed by atoms with Crippen LogP contribution in [0.25, 0.3) is 0 Å². The first-order valence-electron chi connectivity index (χ1n) is 6.29. The molecule has 0 unspecified atom stereocenters. The molecule has 0 radical (unpaired) electrons. The van der Waals surface area contributed by atoms with E-state index in [-0.39, 0.29) is 5.78 Å². The molecule has 3 nitrogen and oxygen atoms in total. The number of carbonyl (C=O) groups is 1. The standard InChI is InChI=1S/C14H15BrO3/c1-8(16)2-3-9-10-4-6-18-14(10)12(15)11-5-7-17-13(9)11/h2-7H2,1H3. The number of Topliss-reactive ketones (excluding diaryl/α,β-unsaturated/α-hetero) is 1. The van der Waals surface area contributed by atoms with E-state index < -0.39 is 0 Å². The average Bonchev–Trinajstić information content (AvgIpc) is 2.95. The molecule has 18 heavy (non-hydrogen) atoms. The van der Waals surface area contributed by atoms with Gasteiger partial charge in [0.2, 0.25) is 0 Å². The van der Waals surface area contributed by atoms with Crippen molar-refractivity contribution in [1.82, 2.24) is 0 Å². The zero-order valence-electron chi connectivity index (χ0n) is 10.3. The molecule has 1 aromatic rings. The van der Waals surface area contributed by atoms with Gasteiger partial charge in [-0.3, -0.25) is 0 Å². The van der Waals surface area contributed by atoms with Crippen LogP contribution in [-0.4, -0.2) is 19.0 Å². The normalized spacial score (nSPS) is 15.9. The van der Waals surface area contributed by atoms with Crippen LogP contribution in [0.4, 0.5) is 0 Å². The van der Waals surface area contributed by atoms with Crippen molar-refractivity contribution in [1.29, 1.82) is 0 Å². The van der Waals surface area contributed by atoms with E-state index in [1.807, 2.05) is 0 Å². The van der Waals surface area contributed by atoms with Gasteiger partial charge in [0.15, 0.2) is 0 Å². The van der Waals surface area contributed by atoms with Gasteiger partial charge in [0.05, 0.1) is 17.7 Å². The molecule has 0 saturated heterocycles. The Morgan fingerprint density at radius 2 is 1.83 bits per heavy atom. The molecular weight excluding hydrogens is 296 g/mol. The Bertz CT molecular complexity index is 487. The lowest BCUT2D eigenvalue weighted by molar-refractivity contribution is -0.116. The van der Waals surface area contributed by atoms with E-state index in [9.17, 15) is 4.79 Å². The van der Waals surface area contributed by atoms with E-state index in [2.05, 4.69) is 15.9 Å². The minimum absolute atomic E-state index is 0.220. The highest BCUT2D eigenvalue weighted by Crippen LogP contribution is 2.47. The largest absolute Gasteiger partial charge is 0.493 e. The predicted octanol–water partition coefficient (Wildman–Crippen LogP) is 2.84. The van der Waals surface area contributed by atoms with Crippen LogP contribution >= 0.6 is 15.9 Å². The second kappa shape index (κ2) is 4.57. The Hall–Kier alpha value is -1.03. The first kappa shape index (κ1) is 12.0. The van der Waals surface area contributed by atoms with Crippen LogP contribution < -0.4 is 9.47 Å². The van der Waals surface area contributed by atoms with Gasteiger partial charge in [-0.15, -0.1) is 0 Å². The SMILES string of the molecule is CC(=O)CCc1c2c(c(Br)c3c1OCC3)OCC2. The maximum absolute atomic E-state index is 11.2. The number of benzene rings is 1. The van der Waals surface area contributed by atoms with Crippen LogP contribution in [-0.2, 0) is 24.1 Å². The summed E-state index contributed by atoms with van der Waals surface area (Å²) >= 11 is 3.63. The molecule has 4 heteroatoms. The molecule has 96 valence electrons. The number of carbonyl (C=O) groups excluding carboxylic acids is 1. The predicted molar refractivity (Wildman–Crippen MR) is 71.5 cm³/mol. The topological polar surface area (TPSA) is 35.5 Å². The van der Waals surface area contributed by atoms with Crippen molar-refractivity contribution in [3.05, 3.63) is 21.2 Å². The molecule has 1 aromatic carbocycles. The van der Waals surface area contributed by atoms with Gasteiger partial charge in [0.25, 0.3) is 0 Å². The van der Waals surface area contributed by atoms with Crippen LogP contribution in [0.2, 0.25) is 0 Å². The molecule has 0 bridgehead atoms. The Kier molecular flexibility index (Phi) is 3.06. The molecule has 2 heterocycles. The van der Waals surface area contributed by atoms with E-state index >= 15 is 0 Å². The van der Waals surface area contributed by atoms with E-state index in [1.54, 1.807) is 6.92 Å². The zero-order valence-corrected chi connectivity index (χ0v) is 11.9. The molecular formula is C14H15BrO3. The highest BCUT2D eigenvalue weighted by molar-refractivity contribution is 9.10. The summed E-state index contributed by atoms with van der Waals surface area (Å²) in [6.45, 7) is 3.09. The van der Waals surface area contributed by atoms with Crippen molar-refractivity contribution in [3.63, 3.8) is 0 Å². The second-order valence-electron chi connectivity index (χ2n) is 4.81. The fourth-order valence-corrected chi connectivity index (χ4v) is 3.45. The Balaban J connectivity index is 2.09. The molecule has 0 amide bonds. The third-order valence-electron chi connectivity index (χ3n) is 3.57. The molecule has 0 saturated carbocycles. The van der Waals surface area contributed by atoms with Gasteiger partial charge in [-0.05, 0) is 29.3 Å².